The van der Waals surface area contributed by atoms with Crippen molar-refractivity contribution in [3.63, 3.8) is 0 Å². The summed E-state index contributed by atoms with van der Waals surface area (Å²) in [7, 11) is 0. The van der Waals surface area contributed by atoms with E-state index in [0.717, 1.165) is 18.9 Å². The van der Waals surface area contributed by atoms with E-state index in [1.807, 2.05) is 0 Å². The molecule has 6 heteroatoms. The van der Waals surface area contributed by atoms with Gasteiger partial charge in [0.1, 0.15) is 11.8 Å². The fourth-order valence-corrected chi connectivity index (χ4v) is 2.11. The van der Waals surface area contributed by atoms with E-state index in [-0.39, 0.29) is 5.56 Å². The minimum Gasteiger partial charge on any atom is -0.496 e. The highest BCUT2D eigenvalue weighted by atomic mass is 19.4. The fraction of sp³-hybridized carbons (Fsp3) is 0.385. The molecular weight excluding hydrogens is 257 g/mol. The second-order valence-corrected chi connectivity index (χ2v) is 4.28. The van der Waals surface area contributed by atoms with Crippen molar-refractivity contribution in [1.29, 1.82) is 0 Å². The molecular formula is C13H15F3N2O. The number of nitrogens with one attached hydrogen (secondary N) is 1. The number of rotatable bonds is 3. The number of halogens is 3. The van der Waals surface area contributed by atoms with Gasteiger partial charge in [-0.3, -0.25) is 5.84 Å². The Morgan fingerprint density at radius 2 is 2.00 bits per heavy atom. The van der Waals surface area contributed by atoms with Crippen LogP contribution in [0.4, 0.5) is 13.2 Å². The average molecular weight is 272 g/mol. The summed E-state index contributed by atoms with van der Waals surface area (Å²) < 4.78 is 44.4. The minimum atomic E-state index is -4.42. The van der Waals surface area contributed by atoms with Crippen LogP contribution in [-0.4, -0.2) is 6.61 Å². The molecule has 1 aromatic rings. The van der Waals surface area contributed by atoms with E-state index in [0.29, 0.717) is 12.4 Å². The van der Waals surface area contributed by atoms with Crippen LogP contribution in [0, 0.1) is 0 Å². The molecule has 104 valence electrons. The topological polar surface area (TPSA) is 47.3 Å². The van der Waals surface area contributed by atoms with E-state index in [2.05, 4.69) is 5.43 Å². The first-order chi connectivity index (χ1) is 9.04. The first-order valence-electron chi connectivity index (χ1n) is 5.99. The van der Waals surface area contributed by atoms with E-state index >= 15 is 0 Å². The zero-order chi connectivity index (χ0) is 13.9. The molecule has 3 nitrogen and oxygen atoms in total. The van der Waals surface area contributed by atoms with Crippen LogP contribution in [-0.2, 0) is 10.9 Å². The highest BCUT2D eigenvalue weighted by molar-refractivity contribution is 5.36. The van der Waals surface area contributed by atoms with Gasteiger partial charge in [0.05, 0.1) is 12.2 Å². The van der Waals surface area contributed by atoms with E-state index in [1.54, 1.807) is 12.1 Å². The summed E-state index contributed by atoms with van der Waals surface area (Å²) in [6.07, 6.45) is -0.995. The summed E-state index contributed by atoms with van der Waals surface area (Å²) in [6.45, 7) is 0.498. The lowest BCUT2D eigenvalue weighted by atomic mass is 9.97. The van der Waals surface area contributed by atoms with Crippen molar-refractivity contribution in [3.05, 3.63) is 47.2 Å². The molecule has 0 radical (unpaired) electrons. The molecule has 0 amide bonds. The molecule has 1 aliphatic rings. The van der Waals surface area contributed by atoms with Crippen molar-refractivity contribution in [3.8, 4) is 0 Å². The van der Waals surface area contributed by atoms with Crippen LogP contribution in [0.2, 0.25) is 0 Å². The molecule has 19 heavy (non-hydrogen) atoms. The van der Waals surface area contributed by atoms with E-state index in [4.69, 9.17) is 10.6 Å². The Morgan fingerprint density at radius 3 is 2.58 bits per heavy atom. The maximum absolute atomic E-state index is 13.0. The van der Waals surface area contributed by atoms with Crippen molar-refractivity contribution in [2.45, 2.75) is 25.1 Å². The molecule has 3 N–H and O–H groups in total. The Hall–Kier alpha value is -1.53. The van der Waals surface area contributed by atoms with Gasteiger partial charge >= 0.3 is 6.18 Å². The molecule has 1 heterocycles. The zero-order valence-electron chi connectivity index (χ0n) is 10.2. The number of hydrogen-bond acceptors (Lipinski definition) is 3. The molecule has 2 rings (SSSR count). The molecule has 1 aliphatic heterocycles. The molecule has 0 aromatic heterocycles. The summed E-state index contributed by atoms with van der Waals surface area (Å²) in [5.41, 5.74) is 1.78. The fourth-order valence-electron chi connectivity index (χ4n) is 2.11. The Balaban J connectivity index is 2.41. The smallest absolute Gasteiger partial charge is 0.416 e. The predicted molar refractivity (Wildman–Crippen MR) is 64.8 cm³/mol. The van der Waals surface area contributed by atoms with Crippen LogP contribution in [0.1, 0.15) is 30.0 Å². The van der Waals surface area contributed by atoms with Gasteiger partial charge in [-0.15, -0.1) is 0 Å². The molecule has 0 saturated heterocycles. The first kappa shape index (κ1) is 13.9. The van der Waals surface area contributed by atoms with Crippen LogP contribution in [0.3, 0.4) is 0 Å². The average Bonchev–Trinajstić information content (AvgIpc) is 2.40. The summed E-state index contributed by atoms with van der Waals surface area (Å²) >= 11 is 0. The Kier molecular flexibility index (Phi) is 4.11. The summed E-state index contributed by atoms with van der Waals surface area (Å²) in [6, 6.07) is 4.59. The standard InChI is InChI=1S/C13H15F3N2O/c14-13(15,16)10-6-2-1-5-9(10)12(18-17)11-7-3-4-8-19-11/h1-2,5-7,12,18H,3-4,8,17H2. The molecule has 0 saturated carbocycles. The molecule has 0 bridgehead atoms. The van der Waals surface area contributed by atoms with E-state index in [9.17, 15) is 13.2 Å². The quantitative estimate of drug-likeness (QED) is 0.657. The van der Waals surface area contributed by atoms with Crippen molar-refractivity contribution >= 4 is 0 Å². The van der Waals surface area contributed by atoms with Crippen LogP contribution in [0.15, 0.2) is 36.1 Å². The number of alkyl halides is 3. The Labute approximate surface area is 109 Å². The number of hydrazine groups is 1. The number of benzene rings is 1. The number of nitrogens with two attached hydrogens (primary N) is 1. The molecule has 1 unspecified atom stereocenters. The summed E-state index contributed by atoms with van der Waals surface area (Å²) in [5, 5.41) is 0. The third-order valence-electron chi connectivity index (χ3n) is 2.99. The highest BCUT2D eigenvalue weighted by Crippen LogP contribution is 2.37. The van der Waals surface area contributed by atoms with Gasteiger partial charge in [0, 0.05) is 0 Å². The normalized spacial score (nSPS) is 17.6. The number of ether oxygens (including phenoxy) is 1. The van der Waals surface area contributed by atoms with Crippen molar-refractivity contribution in [2.24, 2.45) is 5.84 Å². The molecule has 0 spiro atoms. The van der Waals surface area contributed by atoms with Crippen molar-refractivity contribution in [1.82, 2.24) is 5.43 Å². The van der Waals surface area contributed by atoms with Crippen LogP contribution in [0.25, 0.3) is 0 Å². The monoisotopic (exact) mass is 272 g/mol. The third-order valence-corrected chi connectivity index (χ3v) is 2.99. The minimum absolute atomic E-state index is 0.0747. The van der Waals surface area contributed by atoms with Gasteiger partial charge in [-0.1, -0.05) is 18.2 Å². The van der Waals surface area contributed by atoms with Gasteiger partial charge in [-0.2, -0.15) is 13.2 Å². The van der Waals surface area contributed by atoms with Crippen molar-refractivity contribution in [2.75, 3.05) is 6.61 Å². The SMILES string of the molecule is NNC(C1=CCCCO1)c1ccccc1C(F)(F)F. The summed E-state index contributed by atoms with van der Waals surface area (Å²) in [4.78, 5) is 0. The van der Waals surface area contributed by atoms with Crippen LogP contribution >= 0.6 is 0 Å². The Bertz CT molecular complexity index is 471. The molecule has 1 aromatic carbocycles. The largest absolute Gasteiger partial charge is 0.496 e. The predicted octanol–water partition coefficient (Wildman–Crippen LogP) is 2.90. The summed E-state index contributed by atoms with van der Waals surface area (Å²) in [5.74, 6) is 5.86. The van der Waals surface area contributed by atoms with E-state index in [1.165, 1.54) is 12.1 Å². The molecule has 0 aliphatic carbocycles. The maximum atomic E-state index is 13.0. The van der Waals surface area contributed by atoms with Gasteiger partial charge in [0.15, 0.2) is 0 Å². The van der Waals surface area contributed by atoms with Gasteiger partial charge in [0.25, 0.3) is 0 Å². The second kappa shape index (κ2) is 5.63. The van der Waals surface area contributed by atoms with Crippen LogP contribution in [0.5, 0.6) is 0 Å². The molecule has 0 fully saturated rings. The van der Waals surface area contributed by atoms with Gasteiger partial charge in [-0.25, -0.2) is 5.43 Å². The first-order valence-corrected chi connectivity index (χ1v) is 5.99. The maximum Gasteiger partial charge on any atom is 0.416 e. The van der Waals surface area contributed by atoms with E-state index < -0.39 is 17.8 Å². The molecule has 1 atom stereocenters. The van der Waals surface area contributed by atoms with Crippen LogP contribution < -0.4 is 11.3 Å². The van der Waals surface area contributed by atoms with Crippen molar-refractivity contribution < 1.29 is 17.9 Å². The van der Waals surface area contributed by atoms with Gasteiger partial charge in [0.2, 0.25) is 0 Å². The van der Waals surface area contributed by atoms with Gasteiger partial charge < -0.3 is 4.74 Å². The lowest BCUT2D eigenvalue weighted by Gasteiger charge is -2.25. The zero-order valence-corrected chi connectivity index (χ0v) is 10.2. The van der Waals surface area contributed by atoms with Gasteiger partial charge in [-0.05, 0) is 30.5 Å². The number of hydrogen-bond donors (Lipinski definition) is 2. The highest BCUT2D eigenvalue weighted by Gasteiger charge is 2.36. The Morgan fingerprint density at radius 1 is 1.26 bits per heavy atom. The second-order valence-electron chi connectivity index (χ2n) is 4.28. The lowest BCUT2D eigenvalue weighted by Crippen LogP contribution is -2.32. The lowest BCUT2D eigenvalue weighted by molar-refractivity contribution is -0.138. The third kappa shape index (κ3) is 3.08. The number of allylic oxidation sites excluding steroid dienone is 1.